The second kappa shape index (κ2) is 7.57. The van der Waals surface area contributed by atoms with Crippen molar-refractivity contribution in [3.63, 3.8) is 0 Å². The number of amides is 1. The van der Waals surface area contributed by atoms with E-state index in [-0.39, 0.29) is 12.3 Å². The van der Waals surface area contributed by atoms with Crippen LogP contribution >= 0.6 is 0 Å². The molecule has 1 aromatic heterocycles. The second-order valence-corrected chi connectivity index (χ2v) is 6.94. The molecule has 2 aromatic rings. The zero-order valence-corrected chi connectivity index (χ0v) is 14.6. The van der Waals surface area contributed by atoms with Gasteiger partial charge in [-0.1, -0.05) is 17.7 Å². The Morgan fingerprint density at radius 3 is 2.35 bits per heavy atom. The van der Waals surface area contributed by atoms with Gasteiger partial charge in [0.15, 0.2) is 0 Å². The summed E-state index contributed by atoms with van der Waals surface area (Å²) in [6, 6.07) is 10.6. The largest absolute Gasteiger partial charge is 0.465 e. The van der Waals surface area contributed by atoms with Crippen LogP contribution in [0.2, 0.25) is 0 Å². The van der Waals surface area contributed by atoms with Gasteiger partial charge >= 0.3 is 0 Å². The first-order valence-corrected chi connectivity index (χ1v) is 8.53. The lowest BCUT2D eigenvalue weighted by molar-refractivity contribution is -0.129. The highest BCUT2D eigenvalue weighted by atomic mass is 32.2. The van der Waals surface area contributed by atoms with Crippen molar-refractivity contribution >= 4 is 16.9 Å². The highest BCUT2D eigenvalue weighted by Gasteiger charge is 2.22. The molecule has 0 fully saturated rings. The molecule has 2 atom stereocenters. The monoisotopic (exact) mass is 334 g/mol. The number of hydrogen-bond acceptors (Lipinski definition) is 3. The van der Waals surface area contributed by atoms with E-state index in [1.165, 1.54) is 4.90 Å². The van der Waals surface area contributed by atoms with Crippen LogP contribution in [0, 0.1) is 13.8 Å². The number of aryl methyl sites for hydroxylation is 2. The van der Waals surface area contributed by atoms with E-state index in [9.17, 15) is 9.00 Å². The van der Waals surface area contributed by atoms with Gasteiger partial charge in [-0.15, -0.1) is 0 Å². The van der Waals surface area contributed by atoms with Gasteiger partial charge in [0.25, 0.3) is 0 Å². The van der Waals surface area contributed by atoms with E-state index in [1.54, 1.807) is 14.1 Å². The van der Waals surface area contributed by atoms with E-state index in [0.29, 0.717) is 10.7 Å². The number of nitrogens with one attached hydrogen (secondary N) is 1. The minimum Gasteiger partial charge on any atom is -0.465 e. The van der Waals surface area contributed by atoms with Gasteiger partial charge < -0.3 is 9.32 Å². The Morgan fingerprint density at radius 2 is 1.83 bits per heavy atom. The first kappa shape index (κ1) is 17.4. The smallest absolute Gasteiger partial charge is 0.224 e. The average molecular weight is 334 g/mol. The van der Waals surface area contributed by atoms with Crippen LogP contribution in [0.15, 0.2) is 45.7 Å². The van der Waals surface area contributed by atoms with Crippen molar-refractivity contribution in [3.8, 4) is 0 Å². The third kappa shape index (κ3) is 4.77. The molecule has 0 aliphatic rings. The van der Waals surface area contributed by atoms with Gasteiger partial charge in [-0.3, -0.25) is 4.79 Å². The summed E-state index contributed by atoms with van der Waals surface area (Å²) in [5, 5.41) is 0. The highest BCUT2D eigenvalue weighted by molar-refractivity contribution is 7.83. The van der Waals surface area contributed by atoms with Crippen LogP contribution in [0.5, 0.6) is 0 Å². The zero-order chi connectivity index (χ0) is 17.0. The molecular weight excluding hydrogens is 312 g/mol. The van der Waals surface area contributed by atoms with Crippen LogP contribution in [0.1, 0.15) is 29.5 Å². The van der Waals surface area contributed by atoms with Crippen LogP contribution in [0.4, 0.5) is 0 Å². The van der Waals surface area contributed by atoms with E-state index in [0.717, 1.165) is 11.3 Å². The maximum absolute atomic E-state index is 12.5. The predicted octanol–water partition coefficient (Wildman–Crippen LogP) is 2.73. The topological polar surface area (TPSA) is 62.6 Å². The molecule has 0 saturated heterocycles. The van der Waals surface area contributed by atoms with Gasteiger partial charge in [-0.05, 0) is 38.1 Å². The number of nitrogens with zero attached hydrogens (tertiary/aromatic N) is 1. The second-order valence-electron chi connectivity index (χ2n) is 5.69. The number of rotatable bonds is 6. The molecule has 5 nitrogen and oxygen atoms in total. The van der Waals surface area contributed by atoms with E-state index in [2.05, 4.69) is 4.72 Å². The van der Waals surface area contributed by atoms with Crippen molar-refractivity contribution in [3.05, 3.63) is 53.5 Å². The maximum atomic E-state index is 12.5. The molecule has 124 valence electrons. The van der Waals surface area contributed by atoms with Gasteiger partial charge in [-0.2, -0.15) is 0 Å². The summed E-state index contributed by atoms with van der Waals surface area (Å²) in [5.41, 5.74) is 1.10. The predicted molar refractivity (Wildman–Crippen MR) is 90.2 cm³/mol. The summed E-state index contributed by atoms with van der Waals surface area (Å²) >= 11 is 0. The van der Waals surface area contributed by atoms with Gasteiger partial charge in [0.05, 0.1) is 17.4 Å². The van der Waals surface area contributed by atoms with Gasteiger partial charge in [0.2, 0.25) is 5.91 Å². The van der Waals surface area contributed by atoms with Gasteiger partial charge in [0.1, 0.15) is 22.5 Å². The minimum absolute atomic E-state index is 0.0579. The van der Waals surface area contributed by atoms with Gasteiger partial charge in [-0.25, -0.2) is 8.93 Å². The summed E-state index contributed by atoms with van der Waals surface area (Å²) in [6.07, 6.45) is 0.178. The Kier molecular flexibility index (Phi) is 5.74. The molecule has 0 spiro atoms. The SMILES string of the molecule is Cc1ccc([S@@](=O)N[C@@H](CC(=O)N(C)C)c2ccc(C)o2)cc1. The Hall–Kier alpha value is -1.92. The molecule has 1 heterocycles. The van der Waals surface area contributed by atoms with Crippen LogP contribution in [0.25, 0.3) is 0 Å². The Bertz CT molecular complexity index is 692. The lowest BCUT2D eigenvalue weighted by Crippen LogP contribution is -2.30. The first-order chi connectivity index (χ1) is 10.9. The van der Waals surface area contributed by atoms with Crippen molar-refractivity contribution in [1.82, 2.24) is 9.62 Å². The zero-order valence-electron chi connectivity index (χ0n) is 13.8. The van der Waals surface area contributed by atoms with Crippen LogP contribution in [0.3, 0.4) is 0 Å². The molecule has 6 heteroatoms. The Morgan fingerprint density at radius 1 is 1.17 bits per heavy atom. The molecule has 0 radical (unpaired) electrons. The number of furan rings is 1. The molecule has 1 N–H and O–H groups in total. The average Bonchev–Trinajstić information content (AvgIpc) is 2.93. The molecule has 0 bridgehead atoms. The minimum atomic E-state index is -1.42. The quantitative estimate of drug-likeness (QED) is 0.883. The van der Waals surface area contributed by atoms with Crippen LogP contribution < -0.4 is 4.72 Å². The van der Waals surface area contributed by atoms with Crippen molar-refractivity contribution < 1.29 is 13.4 Å². The summed E-state index contributed by atoms with van der Waals surface area (Å²) in [7, 11) is 1.97. The fraction of sp³-hybridized carbons (Fsp3) is 0.353. The standard InChI is InChI=1S/C17H22N2O3S/c1-12-5-8-14(9-6-12)23(21)18-15(11-17(20)19(3)4)16-10-7-13(2)22-16/h5-10,15,18H,11H2,1-4H3/t15-,23+/m0/s1. The fourth-order valence-corrected chi connectivity index (χ4v) is 3.03. The molecule has 0 aliphatic carbocycles. The molecular formula is C17H22N2O3S. The Labute approximate surface area is 139 Å². The Balaban J connectivity index is 2.18. The molecule has 1 amide bonds. The maximum Gasteiger partial charge on any atom is 0.224 e. The van der Waals surface area contributed by atoms with Crippen LogP contribution in [-0.4, -0.2) is 29.1 Å². The molecule has 0 unspecified atom stereocenters. The number of hydrogen-bond donors (Lipinski definition) is 1. The molecule has 2 rings (SSSR count). The van der Waals surface area contributed by atoms with Crippen molar-refractivity contribution in [2.75, 3.05) is 14.1 Å². The van der Waals surface area contributed by atoms with E-state index in [1.807, 2.05) is 50.2 Å². The van der Waals surface area contributed by atoms with Gasteiger partial charge in [0, 0.05) is 14.1 Å². The van der Waals surface area contributed by atoms with Crippen molar-refractivity contribution in [2.45, 2.75) is 31.2 Å². The molecule has 0 aliphatic heterocycles. The third-order valence-corrected chi connectivity index (χ3v) is 4.67. The number of carbonyl (C=O) groups is 1. The van der Waals surface area contributed by atoms with Crippen molar-refractivity contribution in [2.24, 2.45) is 0 Å². The summed E-state index contributed by atoms with van der Waals surface area (Å²) in [6.45, 7) is 3.82. The van der Waals surface area contributed by atoms with E-state index < -0.39 is 17.0 Å². The summed E-state index contributed by atoms with van der Waals surface area (Å²) < 4.78 is 21.1. The highest BCUT2D eigenvalue weighted by Crippen LogP contribution is 2.22. The van der Waals surface area contributed by atoms with Crippen LogP contribution in [-0.2, 0) is 15.8 Å². The van der Waals surface area contributed by atoms with Crippen molar-refractivity contribution in [1.29, 1.82) is 0 Å². The van der Waals surface area contributed by atoms with E-state index >= 15 is 0 Å². The lowest BCUT2D eigenvalue weighted by Gasteiger charge is -2.18. The normalized spacial score (nSPS) is 13.6. The molecule has 23 heavy (non-hydrogen) atoms. The number of benzene rings is 1. The number of carbonyl (C=O) groups excluding carboxylic acids is 1. The molecule has 1 aromatic carbocycles. The molecule has 0 saturated carbocycles. The fourth-order valence-electron chi connectivity index (χ4n) is 2.06. The van der Waals surface area contributed by atoms with E-state index in [4.69, 9.17) is 4.42 Å². The first-order valence-electron chi connectivity index (χ1n) is 7.38. The summed E-state index contributed by atoms with van der Waals surface area (Å²) in [4.78, 5) is 14.2. The summed E-state index contributed by atoms with van der Waals surface area (Å²) in [5.74, 6) is 1.31. The third-order valence-electron chi connectivity index (χ3n) is 3.47. The lowest BCUT2D eigenvalue weighted by atomic mass is 10.1.